The van der Waals surface area contributed by atoms with Crippen molar-refractivity contribution in [3.05, 3.63) is 58.6 Å². The molecule has 23 heavy (non-hydrogen) atoms. The maximum absolute atomic E-state index is 11.8. The van der Waals surface area contributed by atoms with Gasteiger partial charge in [-0.05, 0) is 35.9 Å². The molecule has 2 aromatic carbocycles. The van der Waals surface area contributed by atoms with E-state index >= 15 is 0 Å². The minimum atomic E-state index is -0.526. The molecule has 0 radical (unpaired) electrons. The molecule has 0 bridgehead atoms. The molecule has 0 fully saturated rings. The fraction of sp³-hybridized carbons (Fsp3) is 0.235. The first-order chi connectivity index (χ1) is 11.1. The van der Waals surface area contributed by atoms with Crippen molar-refractivity contribution in [2.24, 2.45) is 0 Å². The third kappa shape index (κ3) is 4.87. The van der Waals surface area contributed by atoms with Crippen molar-refractivity contribution in [3.63, 3.8) is 0 Å². The van der Waals surface area contributed by atoms with Gasteiger partial charge in [0.2, 0.25) is 0 Å². The van der Waals surface area contributed by atoms with Crippen LogP contribution < -0.4 is 9.47 Å². The van der Waals surface area contributed by atoms with E-state index in [2.05, 4.69) is 0 Å². The van der Waals surface area contributed by atoms with Gasteiger partial charge in [0, 0.05) is 5.02 Å². The lowest BCUT2D eigenvalue weighted by Gasteiger charge is -2.12. The molecule has 0 saturated heterocycles. The fourth-order valence-corrected chi connectivity index (χ4v) is 2.00. The highest BCUT2D eigenvalue weighted by atomic mass is 35.5. The van der Waals surface area contributed by atoms with Gasteiger partial charge < -0.3 is 19.3 Å². The zero-order chi connectivity index (χ0) is 16.7. The first kappa shape index (κ1) is 17.1. The third-order valence-electron chi connectivity index (χ3n) is 3.03. The van der Waals surface area contributed by atoms with Crippen molar-refractivity contribution >= 4 is 17.6 Å². The van der Waals surface area contributed by atoms with Crippen molar-refractivity contribution in [2.45, 2.75) is 6.61 Å². The average Bonchev–Trinajstić information content (AvgIpc) is 2.59. The van der Waals surface area contributed by atoms with Crippen LogP contribution in [0.3, 0.4) is 0 Å². The Morgan fingerprint density at radius 2 is 1.87 bits per heavy atom. The molecule has 0 heterocycles. The molecule has 0 unspecified atom stereocenters. The zero-order valence-electron chi connectivity index (χ0n) is 12.6. The maximum atomic E-state index is 11.8. The number of carbonyl (C=O) groups is 1. The Hall–Kier alpha value is -2.24. The Labute approximate surface area is 139 Å². The van der Waals surface area contributed by atoms with Crippen LogP contribution in [0.4, 0.5) is 0 Å². The van der Waals surface area contributed by atoms with E-state index in [1.807, 2.05) is 12.1 Å². The van der Waals surface area contributed by atoms with E-state index in [-0.39, 0.29) is 13.2 Å². The van der Waals surface area contributed by atoms with Crippen molar-refractivity contribution in [1.29, 1.82) is 0 Å². The van der Waals surface area contributed by atoms with Crippen LogP contribution in [0.15, 0.2) is 42.5 Å². The van der Waals surface area contributed by atoms with Crippen molar-refractivity contribution in [2.75, 3.05) is 20.3 Å². The summed E-state index contributed by atoms with van der Waals surface area (Å²) in [5, 5.41) is 9.34. The second-order valence-corrected chi connectivity index (χ2v) is 5.08. The van der Waals surface area contributed by atoms with Gasteiger partial charge >= 0.3 is 5.97 Å². The highest BCUT2D eigenvalue weighted by Gasteiger charge is 2.12. The van der Waals surface area contributed by atoms with Crippen molar-refractivity contribution < 1.29 is 24.1 Å². The predicted octanol–water partition coefficient (Wildman–Crippen LogP) is 3.08. The zero-order valence-corrected chi connectivity index (χ0v) is 13.4. The summed E-state index contributed by atoms with van der Waals surface area (Å²) in [5.41, 5.74) is 1.29. The smallest absolute Gasteiger partial charge is 0.338 e. The average molecular weight is 337 g/mol. The Morgan fingerprint density at radius 3 is 2.52 bits per heavy atom. The predicted molar refractivity (Wildman–Crippen MR) is 86.1 cm³/mol. The SMILES string of the molecule is COc1cc(C(=O)OCCO)ccc1OCc1ccc(Cl)cc1. The molecule has 2 aromatic rings. The number of hydrogen-bond donors (Lipinski definition) is 1. The fourth-order valence-electron chi connectivity index (χ4n) is 1.88. The van der Waals surface area contributed by atoms with Gasteiger partial charge in [-0.3, -0.25) is 0 Å². The molecule has 6 heteroatoms. The van der Waals surface area contributed by atoms with Gasteiger partial charge in [-0.1, -0.05) is 23.7 Å². The standard InChI is InChI=1S/C17H17ClO5/c1-21-16-10-13(17(20)22-9-8-19)4-7-15(16)23-11-12-2-5-14(18)6-3-12/h2-7,10,19H,8-9,11H2,1H3. The number of carbonyl (C=O) groups excluding carboxylic acids is 1. The van der Waals surface area contributed by atoms with E-state index in [4.69, 9.17) is 30.9 Å². The summed E-state index contributed by atoms with van der Waals surface area (Å²) < 4.78 is 15.8. The topological polar surface area (TPSA) is 65.0 Å². The number of aliphatic hydroxyl groups is 1. The molecular formula is C17H17ClO5. The van der Waals surface area contributed by atoms with E-state index in [1.165, 1.54) is 13.2 Å². The van der Waals surface area contributed by atoms with Gasteiger partial charge in [-0.2, -0.15) is 0 Å². The number of benzene rings is 2. The molecule has 1 N–H and O–H groups in total. The van der Waals surface area contributed by atoms with Gasteiger partial charge in [0.05, 0.1) is 19.3 Å². The highest BCUT2D eigenvalue weighted by Crippen LogP contribution is 2.29. The second kappa shape index (κ2) is 8.41. The largest absolute Gasteiger partial charge is 0.493 e. The molecule has 0 amide bonds. The molecule has 2 rings (SSSR count). The second-order valence-electron chi connectivity index (χ2n) is 4.64. The molecule has 0 aromatic heterocycles. The third-order valence-corrected chi connectivity index (χ3v) is 3.28. The summed E-state index contributed by atoms with van der Waals surface area (Å²) in [7, 11) is 1.49. The summed E-state index contributed by atoms with van der Waals surface area (Å²) in [6, 6.07) is 12.1. The summed E-state index contributed by atoms with van der Waals surface area (Å²) in [6.07, 6.45) is 0. The van der Waals surface area contributed by atoms with E-state index in [0.29, 0.717) is 28.7 Å². The molecule has 0 aliphatic heterocycles. The number of aliphatic hydroxyl groups excluding tert-OH is 1. The van der Waals surface area contributed by atoms with Crippen LogP contribution in [-0.2, 0) is 11.3 Å². The number of rotatable bonds is 7. The monoisotopic (exact) mass is 336 g/mol. The summed E-state index contributed by atoms with van der Waals surface area (Å²) in [6.45, 7) is 0.0863. The molecule has 5 nitrogen and oxygen atoms in total. The van der Waals surface area contributed by atoms with E-state index < -0.39 is 5.97 Å². The Morgan fingerprint density at radius 1 is 1.13 bits per heavy atom. The number of hydrogen-bond acceptors (Lipinski definition) is 5. The number of ether oxygens (including phenoxy) is 3. The van der Waals surface area contributed by atoms with Gasteiger partial charge in [-0.25, -0.2) is 4.79 Å². The first-order valence-corrected chi connectivity index (χ1v) is 7.35. The highest BCUT2D eigenvalue weighted by molar-refractivity contribution is 6.30. The molecule has 122 valence electrons. The van der Waals surface area contributed by atoms with Gasteiger partial charge in [0.1, 0.15) is 13.2 Å². The molecule has 0 aliphatic rings. The first-order valence-electron chi connectivity index (χ1n) is 6.97. The van der Waals surface area contributed by atoms with Crippen LogP contribution >= 0.6 is 11.6 Å². The lowest BCUT2D eigenvalue weighted by atomic mass is 10.2. The van der Waals surface area contributed by atoms with E-state index in [9.17, 15) is 4.79 Å². The number of halogens is 1. The van der Waals surface area contributed by atoms with Crippen LogP contribution in [0, 0.1) is 0 Å². The Balaban J connectivity index is 2.07. The van der Waals surface area contributed by atoms with Gasteiger partial charge in [0.25, 0.3) is 0 Å². The molecule has 0 saturated carbocycles. The minimum Gasteiger partial charge on any atom is -0.493 e. The van der Waals surface area contributed by atoms with Gasteiger partial charge in [-0.15, -0.1) is 0 Å². The lowest BCUT2D eigenvalue weighted by Crippen LogP contribution is -2.09. The molecule has 0 atom stereocenters. The minimum absolute atomic E-state index is 0.0457. The summed E-state index contributed by atoms with van der Waals surface area (Å²) in [5.74, 6) is 0.417. The van der Waals surface area contributed by atoms with E-state index in [0.717, 1.165) is 5.56 Å². The van der Waals surface area contributed by atoms with Crippen LogP contribution in [0.25, 0.3) is 0 Å². The van der Waals surface area contributed by atoms with Crippen molar-refractivity contribution in [1.82, 2.24) is 0 Å². The van der Waals surface area contributed by atoms with Crippen LogP contribution in [-0.4, -0.2) is 31.4 Å². The summed E-state index contributed by atoms with van der Waals surface area (Å²) >= 11 is 5.84. The lowest BCUT2D eigenvalue weighted by molar-refractivity contribution is 0.0433. The quantitative estimate of drug-likeness (QED) is 0.787. The molecular weight excluding hydrogens is 320 g/mol. The molecule has 0 spiro atoms. The maximum Gasteiger partial charge on any atom is 0.338 e. The number of esters is 1. The Bertz CT molecular complexity index is 655. The number of methoxy groups -OCH3 is 1. The van der Waals surface area contributed by atoms with Crippen molar-refractivity contribution in [3.8, 4) is 11.5 Å². The Kier molecular flexibility index (Phi) is 6.26. The van der Waals surface area contributed by atoms with Crippen LogP contribution in [0.1, 0.15) is 15.9 Å². The molecule has 0 aliphatic carbocycles. The van der Waals surface area contributed by atoms with E-state index in [1.54, 1.807) is 24.3 Å². The van der Waals surface area contributed by atoms with Gasteiger partial charge in [0.15, 0.2) is 11.5 Å². The normalized spacial score (nSPS) is 10.2. The van der Waals surface area contributed by atoms with Crippen LogP contribution in [0.5, 0.6) is 11.5 Å². The van der Waals surface area contributed by atoms with Crippen LogP contribution in [0.2, 0.25) is 5.02 Å². The summed E-state index contributed by atoms with van der Waals surface area (Å²) in [4.78, 5) is 11.8.